The Morgan fingerprint density at radius 2 is 2.18 bits per heavy atom. The molecule has 3 N–H and O–H groups in total. The molecule has 0 spiro atoms. The number of nitrogens with one attached hydrogen (secondary N) is 1. The van der Waals surface area contributed by atoms with Gasteiger partial charge >= 0.3 is 0 Å². The maximum atomic E-state index is 5.96. The van der Waals surface area contributed by atoms with Crippen molar-refractivity contribution in [2.75, 3.05) is 11.1 Å². The van der Waals surface area contributed by atoms with Crippen LogP contribution in [0.2, 0.25) is 5.02 Å². The van der Waals surface area contributed by atoms with Crippen LogP contribution in [0.4, 0.5) is 11.6 Å². The molecule has 0 aliphatic carbocycles. The van der Waals surface area contributed by atoms with Crippen molar-refractivity contribution in [3.05, 3.63) is 40.9 Å². The minimum absolute atomic E-state index is 0.265. The van der Waals surface area contributed by atoms with Crippen LogP contribution in [-0.2, 0) is 6.54 Å². The van der Waals surface area contributed by atoms with E-state index in [0.717, 1.165) is 11.4 Å². The Balaban J connectivity index is 2.10. The van der Waals surface area contributed by atoms with Crippen LogP contribution in [0.1, 0.15) is 11.4 Å². The summed E-state index contributed by atoms with van der Waals surface area (Å²) in [6.45, 7) is 2.48. The number of hydrogen-bond acceptors (Lipinski definition) is 5. The van der Waals surface area contributed by atoms with Gasteiger partial charge in [0.25, 0.3) is 0 Å². The van der Waals surface area contributed by atoms with Gasteiger partial charge < -0.3 is 11.1 Å². The lowest BCUT2D eigenvalue weighted by Crippen LogP contribution is -2.06. The van der Waals surface area contributed by atoms with E-state index in [1.807, 2.05) is 25.1 Å². The third-order valence-corrected chi connectivity index (χ3v) is 2.57. The summed E-state index contributed by atoms with van der Waals surface area (Å²) < 4.78 is 0. The normalized spacial score (nSPS) is 10.2. The molecule has 0 saturated carbocycles. The Kier molecular flexibility index (Phi) is 3.39. The smallest absolute Gasteiger partial charge is 0.150 e. The van der Waals surface area contributed by atoms with E-state index in [2.05, 4.69) is 20.3 Å². The molecule has 88 valence electrons. The molecule has 2 heterocycles. The molecular weight excluding hydrogens is 238 g/mol. The summed E-state index contributed by atoms with van der Waals surface area (Å²) in [7, 11) is 0. The van der Waals surface area contributed by atoms with Crippen LogP contribution >= 0.6 is 11.6 Å². The SMILES string of the molecule is Cc1cccc(CNc2ncnc(N)c2Cl)n1. The van der Waals surface area contributed by atoms with Gasteiger partial charge in [0.15, 0.2) is 5.82 Å². The second kappa shape index (κ2) is 4.97. The van der Waals surface area contributed by atoms with Crippen molar-refractivity contribution in [2.45, 2.75) is 13.5 Å². The van der Waals surface area contributed by atoms with E-state index >= 15 is 0 Å². The number of aryl methyl sites for hydroxylation is 1. The first-order valence-electron chi connectivity index (χ1n) is 5.09. The predicted molar refractivity (Wildman–Crippen MR) is 67.8 cm³/mol. The molecule has 0 unspecified atom stereocenters. The zero-order valence-electron chi connectivity index (χ0n) is 9.31. The number of pyridine rings is 1. The van der Waals surface area contributed by atoms with Gasteiger partial charge in [0.05, 0.1) is 12.2 Å². The van der Waals surface area contributed by atoms with Crippen molar-refractivity contribution in [1.29, 1.82) is 0 Å². The molecule has 2 rings (SSSR count). The highest BCUT2D eigenvalue weighted by molar-refractivity contribution is 6.35. The summed E-state index contributed by atoms with van der Waals surface area (Å²) in [5.41, 5.74) is 7.46. The van der Waals surface area contributed by atoms with Gasteiger partial charge in [-0.3, -0.25) is 4.98 Å². The lowest BCUT2D eigenvalue weighted by Gasteiger charge is -2.07. The largest absolute Gasteiger partial charge is 0.382 e. The average molecular weight is 250 g/mol. The Morgan fingerprint density at radius 3 is 2.94 bits per heavy atom. The van der Waals surface area contributed by atoms with Crippen LogP contribution in [0.5, 0.6) is 0 Å². The van der Waals surface area contributed by atoms with Gasteiger partial charge in [0.1, 0.15) is 17.2 Å². The fourth-order valence-corrected chi connectivity index (χ4v) is 1.54. The highest BCUT2D eigenvalue weighted by Crippen LogP contribution is 2.23. The van der Waals surface area contributed by atoms with Crippen LogP contribution in [0.15, 0.2) is 24.5 Å². The van der Waals surface area contributed by atoms with E-state index in [1.165, 1.54) is 6.33 Å². The number of aromatic nitrogens is 3. The summed E-state index contributed by atoms with van der Waals surface area (Å²) in [4.78, 5) is 12.2. The maximum absolute atomic E-state index is 5.96. The topological polar surface area (TPSA) is 76.7 Å². The molecule has 5 nitrogen and oxygen atoms in total. The second-order valence-electron chi connectivity index (χ2n) is 3.55. The fraction of sp³-hybridized carbons (Fsp3) is 0.182. The van der Waals surface area contributed by atoms with Gasteiger partial charge in [0.2, 0.25) is 0 Å². The molecule has 0 aliphatic heterocycles. The number of nitrogens with zero attached hydrogens (tertiary/aromatic N) is 3. The fourth-order valence-electron chi connectivity index (χ4n) is 1.38. The first-order valence-corrected chi connectivity index (χ1v) is 5.47. The first-order chi connectivity index (χ1) is 8.16. The molecule has 2 aromatic rings. The van der Waals surface area contributed by atoms with Gasteiger partial charge in [-0.2, -0.15) is 0 Å². The number of halogens is 1. The molecule has 0 aliphatic rings. The maximum Gasteiger partial charge on any atom is 0.150 e. The standard InChI is InChI=1S/C11H12ClN5/c1-7-3-2-4-8(17-7)5-14-11-9(12)10(13)15-6-16-11/h2-4,6H,5H2,1H3,(H3,13,14,15,16). The van der Waals surface area contributed by atoms with Crippen LogP contribution in [0.3, 0.4) is 0 Å². The molecule has 0 bridgehead atoms. The van der Waals surface area contributed by atoms with Gasteiger partial charge in [0, 0.05) is 5.69 Å². The van der Waals surface area contributed by atoms with Crippen LogP contribution in [0, 0.1) is 6.92 Å². The van der Waals surface area contributed by atoms with E-state index in [9.17, 15) is 0 Å². The van der Waals surface area contributed by atoms with E-state index in [4.69, 9.17) is 17.3 Å². The zero-order valence-corrected chi connectivity index (χ0v) is 10.1. The monoisotopic (exact) mass is 249 g/mol. The summed E-state index contributed by atoms with van der Waals surface area (Å²) in [6.07, 6.45) is 1.37. The van der Waals surface area contributed by atoms with Crippen LogP contribution < -0.4 is 11.1 Å². The Hall–Kier alpha value is -1.88. The summed E-state index contributed by atoms with van der Waals surface area (Å²) in [5.74, 6) is 0.781. The number of nitrogens with two attached hydrogens (primary N) is 1. The number of anilines is 2. The molecule has 0 aromatic carbocycles. The number of nitrogen functional groups attached to an aromatic ring is 1. The van der Waals surface area contributed by atoms with Gasteiger partial charge in [-0.25, -0.2) is 9.97 Å². The lowest BCUT2D eigenvalue weighted by atomic mass is 10.3. The summed E-state index contributed by atoms with van der Waals surface area (Å²) >= 11 is 5.96. The van der Waals surface area contributed by atoms with Crippen molar-refractivity contribution in [3.63, 3.8) is 0 Å². The predicted octanol–water partition coefficient (Wildman–Crippen LogP) is 2.03. The molecular formula is C11H12ClN5. The van der Waals surface area contributed by atoms with E-state index in [0.29, 0.717) is 17.4 Å². The van der Waals surface area contributed by atoms with E-state index in [1.54, 1.807) is 0 Å². The van der Waals surface area contributed by atoms with Crippen molar-refractivity contribution < 1.29 is 0 Å². The quantitative estimate of drug-likeness (QED) is 0.870. The van der Waals surface area contributed by atoms with Gasteiger partial charge in [-0.15, -0.1) is 0 Å². The molecule has 6 heteroatoms. The Labute approximate surface area is 104 Å². The minimum Gasteiger partial charge on any atom is -0.382 e. The molecule has 17 heavy (non-hydrogen) atoms. The average Bonchev–Trinajstić information content (AvgIpc) is 2.31. The number of rotatable bonds is 3. The molecule has 0 amide bonds. The molecule has 0 atom stereocenters. The molecule has 0 fully saturated rings. The third kappa shape index (κ3) is 2.82. The first kappa shape index (κ1) is 11.6. The Bertz CT molecular complexity index is 529. The van der Waals surface area contributed by atoms with Gasteiger partial charge in [-0.1, -0.05) is 17.7 Å². The Morgan fingerprint density at radius 1 is 1.35 bits per heavy atom. The van der Waals surface area contributed by atoms with Crippen molar-refractivity contribution >= 4 is 23.2 Å². The van der Waals surface area contributed by atoms with E-state index in [-0.39, 0.29) is 5.82 Å². The minimum atomic E-state index is 0.265. The summed E-state index contributed by atoms with van der Waals surface area (Å²) in [5, 5.41) is 3.41. The lowest BCUT2D eigenvalue weighted by molar-refractivity contribution is 0.999. The van der Waals surface area contributed by atoms with Gasteiger partial charge in [-0.05, 0) is 19.1 Å². The highest BCUT2D eigenvalue weighted by atomic mass is 35.5. The zero-order chi connectivity index (χ0) is 12.3. The highest BCUT2D eigenvalue weighted by Gasteiger charge is 2.05. The van der Waals surface area contributed by atoms with Crippen molar-refractivity contribution in [2.24, 2.45) is 0 Å². The molecule has 0 saturated heterocycles. The van der Waals surface area contributed by atoms with E-state index < -0.39 is 0 Å². The third-order valence-electron chi connectivity index (χ3n) is 2.20. The second-order valence-corrected chi connectivity index (χ2v) is 3.92. The van der Waals surface area contributed by atoms with Crippen LogP contribution in [0.25, 0.3) is 0 Å². The van der Waals surface area contributed by atoms with Crippen molar-refractivity contribution in [1.82, 2.24) is 15.0 Å². The number of hydrogen-bond donors (Lipinski definition) is 2. The van der Waals surface area contributed by atoms with Crippen molar-refractivity contribution in [3.8, 4) is 0 Å². The molecule has 2 aromatic heterocycles. The van der Waals surface area contributed by atoms with Crippen LogP contribution in [-0.4, -0.2) is 15.0 Å². The summed E-state index contributed by atoms with van der Waals surface area (Å²) in [6, 6.07) is 5.83. The molecule has 0 radical (unpaired) electrons.